The molecule has 1 aliphatic carbocycles. The lowest BCUT2D eigenvalue weighted by molar-refractivity contribution is -0.143. The van der Waals surface area contributed by atoms with Gasteiger partial charge < -0.3 is 25.6 Å². The summed E-state index contributed by atoms with van der Waals surface area (Å²) in [6.07, 6.45) is -0.569. The van der Waals surface area contributed by atoms with Crippen LogP contribution in [0.2, 0.25) is 0 Å². The van der Waals surface area contributed by atoms with Gasteiger partial charge in [-0.05, 0) is 28.2 Å². The van der Waals surface area contributed by atoms with Gasteiger partial charge in [0.05, 0.1) is 6.61 Å². The number of alkyl carbamates (subject to hydrolysis) is 1. The molecule has 8 heteroatoms. The second-order valence-electron chi connectivity index (χ2n) is 7.66. The van der Waals surface area contributed by atoms with Crippen molar-refractivity contribution in [2.24, 2.45) is 5.92 Å². The molecule has 2 amide bonds. The van der Waals surface area contributed by atoms with Crippen LogP contribution in [0.4, 0.5) is 4.79 Å². The zero-order chi connectivity index (χ0) is 22.4. The molecule has 164 valence electrons. The molecule has 0 bridgehead atoms. The Hall–Kier alpha value is -3.39. The van der Waals surface area contributed by atoms with E-state index in [1.54, 1.807) is 6.92 Å². The molecule has 2 aromatic rings. The number of aliphatic hydroxyl groups excluding tert-OH is 1. The average molecular weight is 426 g/mol. The van der Waals surface area contributed by atoms with Gasteiger partial charge in [0.15, 0.2) is 0 Å². The molecule has 0 saturated carbocycles. The summed E-state index contributed by atoms with van der Waals surface area (Å²) < 4.78 is 5.45. The van der Waals surface area contributed by atoms with Crippen LogP contribution in [0.3, 0.4) is 0 Å². The zero-order valence-corrected chi connectivity index (χ0v) is 17.2. The molecular formula is C23H26N2O6. The maximum Gasteiger partial charge on any atom is 0.407 e. The molecule has 2 atom stereocenters. The normalized spacial score (nSPS) is 14.1. The van der Waals surface area contributed by atoms with E-state index in [9.17, 15) is 14.4 Å². The molecular weight excluding hydrogens is 400 g/mol. The van der Waals surface area contributed by atoms with Gasteiger partial charge in [0.2, 0.25) is 5.91 Å². The third-order valence-electron chi connectivity index (χ3n) is 5.29. The first-order chi connectivity index (χ1) is 14.9. The Morgan fingerprint density at radius 3 is 2.16 bits per heavy atom. The minimum absolute atomic E-state index is 0.00738. The van der Waals surface area contributed by atoms with Crippen molar-refractivity contribution in [2.75, 3.05) is 19.8 Å². The summed E-state index contributed by atoms with van der Waals surface area (Å²) in [5.41, 5.74) is 4.54. The summed E-state index contributed by atoms with van der Waals surface area (Å²) in [4.78, 5) is 34.9. The van der Waals surface area contributed by atoms with Crippen LogP contribution in [0.25, 0.3) is 11.1 Å². The molecule has 31 heavy (non-hydrogen) atoms. The van der Waals surface area contributed by atoms with Gasteiger partial charge in [0.1, 0.15) is 12.6 Å². The van der Waals surface area contributed by atoms with E-state index >= 15 is 0 Å². The molecule has 0 saturated heterocycles. The molecule has 0 radical (unpaired) electrons. The van der Waals surface area contributed by atoms with Gasteiger partial charge in [-0.2, -0.15) is 0 Å². The van der Waals surface area contributed by atoms with E-state index in [0.29, 0.717) is 0 Å². The highest BCUT2D eigenvalue weighted by Gasteiger charge is 2.29. The van der Waals surface area contributed by atoms with Gasteiger partial charge in [-0.1, -0.05) is 55.5 Å². The quantitative estimate of drug-likeness (QED) is 0.487. The van der Waals surface area contributed by atoms with Gasteiger partial charge in [-0.3, -0.25) is 4.79 Å². The van der Waals surface area contributed by atoms with Crippen molar-refractivity contribution in [1.29, 1.82) is 0 Å². The minimum atomic E-state index is -1.34. The summed E-state index contributed by atoms with van der Waals surface area (Å²) in [6.45, 7) is 1.46. The van der Waals surface area contributed by atoms with Crippen molar-refractivity contribution in [2.45, 2.75) is 25.3 Å². The van der Waals surface area contributed by atoms with Gasteiger partial charge in [0.25, 0.3) is 0 Å². The molecule has 0 aromatic heterocycles. The first-order valence-corrected chi connectivity index (χ1v) is 10.1. The second kappa shape index (κ2) is 10.1. The van der Waals surface area contributed by atoms with Gasteiger partial charge in [-0.25, -0.2) is 9.59 Å². The van der Waals surface area contributed by atoms with Crippen molar-refractivity contribution in [3.63, 3.8) is 0 Å². The summed E-state index contributed by atoms with van der Waals surface area (Å²) in [6, 6.07) is 14.8. The number of carbonyl (C=O) groups excluding carboxylic acids is 2. The highest BCUT2D eigenvalue weighted by atomic mass is 16.5. The van der Waals surface area contributed by atoms with Crippen LogP contribution in [-0.2, 0) is 14.3 Å². The standard InChI is InChI=1S/C23H26N2O6/c1-14(10-21(27)25-20(12-26)22(28)29)11-24-23(30)31-13-19-17-8-4-2-6-15(17)16-7-3-5-9-18(16)19/h2-9,14,19-20,26H,10-13H2,1H3,(H,24,30)(H,25,27)(H,28,29). The van der Waals surface area contributed by atoms with Gasteiger partial charge in [-0.15, -0.1) is 0 Å². The van der Waals surface area contributed by atoms with E-state index in [-0.39, 0.29) is 31.4 Å². The number of amides is 2. The first-order valence-electron chi connectivity index (χ1n) is 10.1. The van der Waals surface area contributed by atoms with Gasteiger partial charge in [0, 0.05) is 18.9 Å². The lowest BCUT2D eigenvalue weighted by Crippen LogP contribution is -2.44. The van der Waals surface area contributed by atoms with Crippen molar-refractivity contribution < 1.29 is 29.3 Å². The van der Waals surface area contributed by atoms with E-state index in [0.717, 1.165) is 22.3 Å². The van der Waals surface area contributed by atoms with Crippen molar-refractivity contribution in [3.8, 4) is 11.1 Å². The van der Waals surface area contributed by atoms with E-state index < -0.39 is 30.6 Å². The topological polar surface area (TPSA) is 125 Å². The third-order valence-corrected chi connectivity index (χ3v) is 5.29. The molecule has 2 unspecified atom stereocenters. The number of aliphatic carboxylic acids is 1. The molecule has 2 aromatic carbocycles. The van der Waals surface area contributed by atoms with Crippen molar-refractivity contribution >= 4 is 18.0 Å². The van der Waals surface area contributed by atoms with Crippen LogP contribution in [0.15, 0.2) is 48.5 Å². The molecule has 0 aliphatic heterocycles. The van der Waals surface area contributed by atoms with Crippen molar-refractivity contribution in [1.82, 2.24) is 10.6 Å². The number of carbonyl (C=O) groups is 3. The summed E-state index contributed by atoms with van der Waals surface area (Å²) in [5, 5.41) is 22.7. The first kappa shape index (κ1) is 22.3. The molecule has 3 rings (SSSR count). The van der Waals surface area contributed by atoms with Crippen LogP contribution >= 0.6 is 0 Å². The van der Waals surface area contributed by atoms with Gasteiger partial charge >= 0.3 is 12.1 Å². The zero-order valence-electron chi connectivity index (χ0n) is 17.2. The van der Waals surface area contributed by atoms with E-state index in [1.807, 2.05) is 36.4 Å². The number of rotatable bonds is 9. The van der Waals surface area contributed by atoms with Crippen LogP contribution < -0.4 is 10.6 Å². The third kappa shape index (κ3) is 5.40. The number of hydrogen-bond acceptors (Lipinski definition) is 5. The molecule has 4 N–H and O–H groups in total. The smallest absolute Gasteiger partial charge is 0.407 e. The maximum absolute atomic E-state index is 12.2. The number of benzene rings is 2. The van der Waals surface area contributed by atoms with Crippen molar-refractivity contribution in [3.05, 3.63) is 59.7 Å². The number of fused-ring (bicyclic) bond motifs is 3. The fourth-order valence-corrected chi connectivity index (χ4v) is 3.73. The number of nitrogens with one attached hydrogen (secondary N) is 2. The average Bonchev–Trinajstić information content (AvgIpc) is 3.08. The lowest BCUT2D eigenvalue weighted by Gasteiger charge is -2.17. The Kier molecular flexibility index (Phi) is 7.25. The van der Waals surface area contributed by atoms with E-state index in [1.165, 1.54) is 0 Å². The van der Waals surface area contributed by atoms with E-state index in [2.05, 4.69) is 22.8 Å². The number of hydrogen-bond donors (Lipinski definition) is 4. The minimum Gasteiger partial charge on any atom is -0.480 e. The fourth-order valence-electron chi connectivity index (χ4n) is 3.73. The number of carboxylic acids is 1. The van der Waals surface area contributed by atoms with Crippen LogP contribution in [0, 0.1) is 5.92 Å². The Balaban J connectivity index is 1.48. The summed E-state index contributed by atoms with van der Waals surface area (Å²) in [5.74, 6) is -2.09. The lowest BCUT2D eigenvalue weighted by atomic mass is 9.98. The van der Waals surface area contributed by atoms with Crippen LogP contribution in [0.1, 0.15) is 30.4 Å². The molecule has 8 nitrogen and oxygen atoms in total. The number of aliphatic hydroxyl groups is 1. The predicted molar refractivity (Wildman–Crippen MR) is 114 cm³/mol. The monoisotopic (exact) mass is 426 g/mol. The number of carboxylic acid groups (broad SMARTS) is 1. The Bertz CT molecular complexity index is 915. The largest absolute Gasteiger partial charge is 0.480 e. The molecule has 1 aliphatic rings. The second-order valence-corrected chi connectivity index (χ2v) is 7.66. The van der Waals surface area contributed by atoms with Crippen LogP contribution in [0.5, 0.6) is 0 Å². The van der Waals surface area contributed by atoms with E-state index in [4.69, 9.17) is 14.9 Å². The Labute approximate surface area is 180 Å². The Morgan fingerprint density at radius 1 is 1.03 bits per heavy atom. The summed E-state index contributed by atoms with van der Waals surface area (Å²) >= 11 is 0. The summed E-state index contributed by atoms with van der Waals surface area (Å²) in [7, 11) is 0. The molecule has 0 spiro atoms. The highest BCUT2D eigenvalue weighted by molar-refractivity contribution is 5.83. The molecule has 0 fully saturated rings. The maximum atomic E-state index is 12.2. The molecule has 0 heterocycles. The highest BCUT2D eigenvalue weighted by Crippen LogP contribution is 2.44. The number of ether oxygens (including phenoxy) is 1. The fraction of sp³-hybridized carbons (Fsp3) is 0.348. The Morgan fingerprint density at radius 2 is 1.61 bits per heavy atom. The SMILES string of the molecule is CC(CNC(=O)OCC1c2ccccc2-c2ccccc21)CC(=O)NC(CO)C(=O)O. The predicted octanol–water partition coefficient (Wildman–Crippen LogP) is 2.11. The van der Waals surface area contributed by atoms with Crippen LogP contribution in [-0.4, -0.2) is 54.0 Å².